The first kappa shape index (κ1) is 11.9. The highest BCUT2D eigenvalue weighted by atomic mass is 35.5. The van der Waals surface area contributed by atoms with E-state index in [4.69, 9.17) is 16.0 Å². The second-order valence-electron chi connectivity index (χ2n) is 3.55. The first-order valence-electron chi connectivity index (χ1n) is 5.21. The van der Waals surface area contributed by atoms with Crippen molar-refractivity contribution < 1.29 is 13.6 Å². The van der Waals surface area contributed by atoms with Gasteiger partial charge in [0.2, 0.25) is 5.78 Å². The van der Waals surface area contributed by atoms with E-state index in [1.165, 1.54) is 24.3 Å². The normalized spacial score (nSPS) is 10.5. The highest BCUT2D eigenvalue weighted by molar-refractivity contribution is 6.34. The molecule has 0 saturated carbocycles. The molecule has 0 bridgehead atoms. The molecule has 0 N–H and O–H groups in total. The van der Waals surface area contributed by atoms with Crippen LogP contribution in [0.5, 0.6) is 0 Å². The molecule has 1 aromatic carbocycles. The maximum absolute atomic E-state index is 13.5. The number of benzene rings is 1. The Balaban J connectivity index is 2.43. The van der Waals surface area contributed by atoms with E-state index < -0.39 is 11.6 Å². The average molecular weight is 253 g/mol. The summed E-state index contributed by atoms with van der Waals surface area (Å²) in [4.78, 5) is 12.0. The molecule has 0 spiro atoms. The zero-order valence-corrected chi connectivity index (χ0v) is 9.92. The lowest BCUT2D eigenvalue weighted by Gasteiger charge is -2.02. The van der Waals surface area contributed by atoms with Gasteiger partial charge >= 0.3 is 0 Å². The molecule has 2 rings (SSSR count). The summed E-state index contributed by atoms with van der Waals surface area (Å²) in [6.45, 7) is 1.91. The molecule has 0 amide bonds. The van der Waals surface area contributed by atoms with Crippen LogP contribution in [0.1, 0.15) is 28.8 Å². The highest BCUT2D eigenvalue weighted by Crippen LogP contribution is 2.23. The minimum Gasteiger partial charge on any atom is -0.458 e. The van der Waals surface area contributed by atoms with Crippen LogP contribution >= 0.6 is 11.6 Å². The third kappa shape index (κ3) is 2.24. The van der Waals surface area contributed by atoms with Crippen LogP contribution in [0.15, 0.2) is 34.7 Å². The molecule has 88 valence electrons. The fraction of sp³-hybridized carbons (Fsp3) is 0.154. The second-order valence-corrected chi connectivity index (χ2v) is 3.95. The molecule has 4 heteroatoms. The van der Waals surface area contributed by atoms with E-state index in [-0.39, 0.29) is 16.3 Å². The second kappa shape index (κ2) is 4.72. The molecular formula is C13H10ClFO2. The highest BCUT2D eigenvalue weighted by Gasteiger charge is 2.20. The topological polar surface area (TPSA) is 30.2 Å². The van der Waals surface area contributed by atoms with E-state index in [9.17, 15) is 9.18 Å². The Hall–Kier alpha value is -1.61. The molecule has 0 unspecified atom stereocenters. The van der Waals surface area contributed by atoms with E-state index >= 15 is 0 Å². The summed E-state index contributed by atoms with van der Waals surface area (Å²) in [5, 5.41) is 0.0875. The van der Waals surface area contributed by atoms with Crippen molar-refractivity contribution in [2.75, 3.05) is 0 Å². The molecule has 0 saturated heterocycles. The number of carbonyl (C=O) groups is 1. The van der Waals surface area contributed by atoms with Crippen molar-refractivity contribution in [1.29, 1.82) is 0 Å². The Morgan fingerprint density at radius 1 is 1.35 bits per heavy atom. The van der Waals surface area contributed by atoms with E-state index in [0.29, 0.717) is 12.2 Å². The van der Waals surface area contributed by atoms with E-state index in [1.807, 2.05) is 6.92 Å². The van der Waals surface area contributed by atoms with Gasteiger partial charge in [-0.3, -0.25) is 4.79 Å². The Morgan fingerprint density at radius 2 is 2.12 bits per heavy atom. The molecule has 2 nitrogen and oxygen atoms in total. The molecule has 1 heterocycles. The number of halogens is 2. The Bertz CT molecular complexity index is 540. The van der Waals surface area contributed by atoms with Crippen LogP contribution in [0.2, 0.25) is 5.02 Å². The Labute approximate surface area is 103 Å². The van der Waals surface area contributed by atoms with E-state index in [0.717, 1.165) is 0 Å². The largest absolute Gasteiger partial charge is 0.458 e. The lowest BCUT2D eigenvalue weighted by molar-refractivity contribution is 0.100. The van der Waals surface area contributed by atoms with Gasteiger partial charge in [0.1, 0.15) is 11.6 Å². The van der Waals surface area contributed by atoms with Gasteiger partial charge in [0, 0.05) is 6.42 Å². The first-order valence-corrected chi connectivity index (χ1v) is 5.58. The summed E-state index contributed by atoms with van der Waals surface area (Å²) in [6.07, 6.45) is 0.679. The molecule has 0 radical (unpaired) electrons. The number of furan rings is 1. The van der Waals surface area contributed by atoms with Crippen LogP contribution in [0, 0.1) is 5.82 Å². The van der Waals surface area contributed by atoms with Crippen molar-refractivity contribution in [2.45, 2.75) is 13.3 Å². The summed E-state index contributed by atoms with van der Waals surface area (Å²) >= 11 is 5.81. The fourth-order valence-corrected chi connectivity index (χ4v) is 1.78. The first-order chi connectivity index (χ1) is 8.13. The van der Waals surface area contributed by atoms with Gasteiger partial charge < -0.3 is 4.42 Å². The molecule has 1 aromatic heterocycles. The molecule has 0 fully saturated rings. The SMILES string of the molecule is CCc1ccc(C(=O)c2c(F)cccc2Cl)o1. The van der Waals surface area contributed by atoms with Crippen LogP contribution in [0.4, 0.5) is 4.39 Å². The zero-order chi connectivity index (χ0) is 12.4. The van der Waals surface area contributed by atoms with Crippen molar-refractivity contribution >= 4 is 17.4 Å². The quantitative estimate of drug-likeness (QED) is 0.777. The summed E-state index contributed by atoms with van der Waals surface area (Å²) in [5.41, 5.74) is -0.147. The number of carbonyl (C=O) groups excluding carboxylic acids is 1. The number of ketones is 1. The summed E-state index contributed by atoms with van der Waals surface area (Å²) in [7, 11) is 0. The minimum atomic E-state index is -0.642. The van der Waals surface area contributed by atoms with Crippen molar-refractivity contribution in [3.63, 3.8) is 0 Å². The van der Waals surface area contributed by atoms with Gasteiger partial charge in [-0.1, -0.05) is 24.6 Å². The molecule has 0 atom stereocenters. The van der Waals surface area contributed by atoms with Gasteiger partial charge in [0.25, 0.3) is 0 Å². The molecular weight excluding hydrogens is 243 g/mol. The molecule has 0 aliphatic carbocycles. The van der Waals surface area contributed by atoms with Gasteiger partial charge in [-0.15, -0.1) is 0 Å². The number of hydrogen-bond acceptors (Lipinski definition) is 2. The van der Waals surface area contributed by atoms with Gasteiger partial charge in [-0.2, -0.15) is 0 Å². The summed E-state index contributed by atoms with van der Waals surface area (Å²) < 4.78 is 18.8. The average Bonchev–Trinajstić information content (AvgIpc) is 2.77. The van der Waals surface area contributed by atoms with Gasteiger partial charge in [0.15, 0.2) is 5.76 Å². The Kier molecular flexibility index (Phi) is 3.29. The van der Waals surface area contributed by atoms with Crippen LogP contribution < -0.4 is 0 Å². The zero-order valence-electron chi connectivity index (χ0n) is 9.17. The predicted octanol–water partition coefficient (Wildman–Crippen LogP) is 3.87. The number of rotatable bonds is 3. The molecule has 0 aliphatic heterocycles. The van der Waals surface area contributed by atoms with Crippen LogP contribution in [-0.2, 0) is 6.42 Å². The van der Waals surface area contributed by atoms with Crippen molar-refractivity contribution in [2.24, 2.45) is 0 Å². The number of hydrogen-bond donors (Lipinski definition) is 0. The van der Waals surface area contributed by atoms with Crippen molar-refractivity contribution in [3.8, 4) is 0 Å². The maximum atomic E-state index is 13.5. The maximum Gasteiger partial charge on any atom is 0.232 e. The molecule has 2 aromatic rings. The molecule has 17 heavy (non-hydrogen) atoms. The van der Waals surface area contributed by atoms with Crippen molar-refractivity contribution in [1.82, 2.24) is 0 Å². The predicted molar refractivity (Wildman–Crippen MR) is 62.9 cm³/mol. The lowest BCUT2D eigenvalue weighted by atomic mass is 10.1. The Morgan fingerprint density at radius 3 is 2.71 bits per heavy atom. The van der Waals surface area contributed by atoms with E-state index in [2.05, 4.69) is 0 Å². The minimum absolute atomic E-state index is 0.0875. The smallest absolute Gasteiger partial charge is 0.232 e. The fourth-order valence-electron chi connectivity index (χ4n) is 1.53. The van der Waals surface area contributed by atoms with Crippen molar-refractivity contribution in [3.05, 3.63) is 58.3 Å². The molecule has 0 aliphatic rings. The van der Waals surface area contributed by atoms with Gasteiger partial charge in [-0.05, 0) is 24.3 Å². The van der Waals surface area contributed by atoms with Crippen LogP contribution in [0.25, 0.3) is 0 Å². The van der Waals surface area contributed by atoms with Gasteiger partial charge in [0.05, 0.1) is 10.6 Å². The standard InChI is InChI=1S/C13H10ClFO2/c1-2-8-6-7-11(17-8)13(16)12-9(14)4-3-5-10(12)15/h3-7H,2H2,1H3. The van der Waals surface area contributed by atoms with Crippen LogP contribution in [0.3, 0.4) is 0 Å². The summed E-state index contributed by atoms with van der Waals surface area (Å²) in [5.74, 6) is -0.389. The third-order valence-corrected chi connectivity index (χ3v) is 2.74. The van der Waals surface area contributed by atoms with Crippen LogP contribution in [-0.4, -0.2) is 5.78 Å². The van der Waals surface area contributed by atoms with E-state index in [1.54, 1.807) is 6.07 Å². The summed E-state index contributed by atoms with van der Waals surface area (Å²) in [6, 6.07) is 7.35. The van der Waals surface area contributed by atoms with Gasteiger partial charge in [-0.25, -0.2) is 4.39 Å². The monoisotopic (exact) mass is 252 g/mol. The lowest BCUT2D eigenvalue weighted by Crippen LogP contribution is -2.04. The third-order valence-electron chi connectivity index (χ3n) is 2.42. The number of aryl methyl sites for hydroxylation is 1.